The highest BCUT2D eigenvalue weighted by atomic mass is 14.2. The van der Waals surface area contributed by atoms with Crippen LogP contribution in [0.1, 0.15) is 59.8 Å². The quantitative estimate of drug-likeness (QED) is 0.539. The van der Waals surface area contributed by atoms with Crippen molar-refractivity contribution < 1.29 is 0 Å². The van der Waals surface area contributed by atoms with Crippen molar-refractivity contribution in [2.45, 2.75) is 59.8 Å². The van der Waals surface area contributed by atoms with Crippen LogP contribution in [0.5, 0.6) is 0 Å². The van der Waals surface area contributed by atoms with Gasteiger partial charge in [0.25, 0.3) is 0 Å². The predicted octanol–water partition coefficient (Wildman–Crippen LogP) is 4.25. The third-order valence-corrected chi connectivity index (χ3v) is 2.53. The number of hydrogen-bond donors (Lipinski definition) is 0. The van der Waals surface area contributed by atoms with Gasteiger partial charge in [0, 0.05) is 0 Å². The summed E-state index contributed by atoms with van der Waals surface area (Å²) in [5.41, 5.74) is 0. The van der Waals surface area contributed by atoms with E-state index in [1.165, 1.54) is 32.1 Å². The van der Waals surface area contributed by atoms with Gasteiger partial charge in [0.05, 0.1) is 0 Å². The highest BCUT2D eigenvalue weighted by Crippen LogP contribution is 2.22. The molecule has 0 bridgehead atoms. The summed E-state index contributed by atoms with van der Waals surface area (Å²) >= 11 is 0. The minimum absolute atomic E-state index is 0.890. The lowest BCUT2D eigenvalue weighted by Crippen LogP contribution is -2.07. The maximum Gasteiger partial charge on any atom is -0.0391 e. The molecule has 0 radical (unpaired) electrons. The first-order valence-electron chi connectivity index (χ1n) is 5.22. The highest BCUT2D eigenvalue weighted by molar-refractivity contribution is 4.62. The maximum atomic E-state index is 2.36. The summed E-state index contributed by atoms with van der Waals surface area (Å²) < 4.78 is 0. The molecule has 0 spiro atoms. The largest absolute Gasteiger partial charge is 0.0654 e. The summed E-state index contributed by atoms with van der Waals surface area (Å²) in [6.07, 6.45) is 7.00. The lowest BCUT2D eigenvalue weighted by Gasteiger charge is -2.19. The molecule has 0 aliphatic rings. The second kappa shape index (κ2) is 6.69. The molecule has 0 nitrogen and oxygen atoms in total. The van der Waals surface area contributed by atoms with Crippen LogP contribution in [0.4, 0.5) is 0 Å². The van der Waals surface area contributed by atoms with Crippen molar-refractivity contribution in [3.8, 4) is 0 Å². The minimum Gasteiger partial charge on any atom is -0.0654 e. The van der Waals surface area contributed by atoms with Gasteiger partial charge in [0.2, 0.25) is 0 Å². The van der Waals surface area contributed by atoms with E-state index in [0.29, 0.717) is 0 Å². The van der Waals surface area contributed by atoms with Gasteiger partial charge in [-0.15, -0.1) is 0 Å². The molecule has 0 unspecified atom stereocenters. The summed E-state index contributed by atoms with van der Waals surface area (Å²) in [5.74, 6) is 1.88. The SMILES string of the molecule is CCCC[C@@H](CCC)C(C)C. The monoisotopic (exact) mass is 156 g/mol. The molecule has 0 aromatic carbocycles. The Bertz CT molecular complexity index is 74.1. The van der Waals surface area contributed by atoms with Gasteiger partial charge < -0.3 is 0 Å². The van der Waals surface area contributed by atoms with E-state index in [9.17, 15) is 0 Å². The first kappa shape index (κ1) is 11.0. The number of unbranched alkanes of at least 4 members (excludes halogenated alkanes) is 1. The summed E-state index contributed by atoms with van der Waals surface area (Å²) in [5, 5.41) is 0. The molecule has 0 heteroatoms. The Kier molecular flexibility index (Phi) is 6.69. The average molecular weight is 156 g/mol. The van der Waals surface area contributed by atoms with E-state index in [-0.39, 0.29) is 0 Å². The standard InChI is InChI=1S/C11H24/c1-5-7-9-11(8-6-2)10(3)4/h10-11H,5-9H2,1-4H3/t11-/m1/s1. The summed E-state index contributed by atoms with van der Waals surface area (Å²) in [4.78, 5) is 0. The Morgan fingerprint density at radius 3 is 1.91 bits per heavy atom. The Balaban J connectivity index is 3.51. The van der Waals surface area contributed by atoms with E-state index in [2.05, 4.69) is 27.7 Å². The van der Waals surface area contributed by atoms with Crippen LogP contribution in [0.25, 0.3) is 0 Å². The molecular formula is C11H24. The zero-order chi connectivity index (χ0) is 8.69. The third-order valence-electron chi connectivity index (χ3n) is 2.53. The lowest BCUT2D eigenvalue weighted by molar-refractivity contribution is 0.325. The molecule has 0 aromatic heterocycles. The Labute approximate surface area is 72.4 Å². The van der Waals surface area contributed by atoms with Crippen LogP contribution in [0, 0.1) is 11.8 Å². The topological polar surface area (TPSA) is 0 Å². The van der Waals surface area contributed by atoms with Crippen molar-refractivity contribution in [3.05, 3.63) is 0 Å². The fourth-order valence-corrected chi connectivity index (χ4v) is 1.65. The van der Waals surface area contributed by atoms with Crippen molar-refractivity contribution in [3.63, 3.8) is 0 Å². The first-order valence-corrected chi connectivity index (χ1v) is 5.22. The molecule has 1 atom stereocenters. The first-order chi connectivity index (χ1) is 5.22. The molecule has 11 heavy (non-hydrogen) atoms. The fourth-order valence-electron chi connectivity index (χ4n) is 1.65. The van der Waals surface area contributed by atoms with Crippen LogP contribution in [-0.2, 0) is 0 Å². The molecule has 0 heterocycles. The Hall–Kier alpha value is 0. The normalized spacial score (nSPS) is 13.9. The van der Waals surface area contributed by atoms with Gasteiger partial charge in [0.15, 0.2) is 0 Å². The molecule has 68 valence electrons. The van der Waals surface area contributed by atoms with Crippen LogP contribution >= 0.6 is 0 Å². The van der Waals surface area contributed by atoms with Gasteiger partial charge in [0.1, 0.15) is 0 Å². The average Bonchev–Trinajstić information content (AvgIpc) is 1.97. The third kappa shape index (κ3) is 5.29. The molecule has 0 aromatic rings. The zero-order valence-corrected chi connectivity index (χ0v) is 8.69. The van der Waals surface area contributed by atoms with E-state index < -0.39 is 0 Å². The van der Waals surface area contributed by atoms with Gasteiger partial charge in [-0.3, -0.25) is 0 Å². The van der Waals surface area contributed by atoms with Crippen molar-refractivity contribution in [1.82, 2.24) is 0 Å². The van der Waals surface area contributed by atoms with Crippen LogP contribution < -0.4 is 0 Å². The van der Waals surface area contributed by atoms with Crippen LogP contribution in [0.2, 0.25) is 0 Å². The van der Waals surface area contributed by atoms with Gasteiger partial charge in [-0.25, -0.2) is 0 Å². The molecule has 0 N–H and O–H groups in total. The van der Waals surface area contributed by atoms with E-state index in [4.69, 9.17) is 0 Å². The molecule has 0 aliphatic carbocycles. The number of hydrogen-bond acceptors (Lipinski definition) is 0. The summed E-state index contributed by atoms with van der Waals surface area (Å²) in [7, 11) is 0. The van der Waals surface area contributed by atoms with E-state index in [0.717, 1.165) is 11.8 Å². The second-order valence-electron chi connectivity index (χ2n) is 3.94. The minimum atomic E-state index is 0.890. The molecule has 0 saturated carbocycles. The smallest absolute Gasteiger partial charge is 0.0391 e. The molecule has 0 rings (SSSR count). The molecule has 0 fully saturated rings. The van der Waals surface area contributed by atoms with Gasteiger partial charge in [-0.05, 0) is 11.8 Å². The van der Waals surface area contributed by atoms with Gasteiger partial charge >= 0.3 is 0 Å². The summed E-state index contributed by atoms with van der Waals surface area (Å²) in [6, 6.07) is 0. The van der Waals surface area contributed by atoms with Crippen LogP contribution in [0.15, 0.2) is 0 Å². The van der Waals surface area contributed by atoms with Crippen molar-refractivity contribution in [1.29, 1.82) is 0 Å². The molecule has 0 saturated heterocycles. The lowest BCUT2D eigenvalue weighted by atomic mass is 9.87. The highest BCUT2D eigenvalue weighted by Gasteiger charge is 2.10. The maximum absolute atomic E-state index is 2.36. The van der Waals surface area contributed by atoms with Crippen LogP contribution in [0.3, 0.4) is 0 Å². The van der Waals surface area contributed by atoms with Crippen LogP contribution in [-0.4, -0.2) is 0 Å². The predicted molar refractivity (Wildman–Crippen MR) is 52.8 cm³/mol. The van der Waals surface area contributed by atoms with E-state index in [1.54, 1.807) is 0 Å². The van der Waals surface area contributed by atoms with Crippen molar-refractivity contribution >= 4 is 0 Å². The van der Waals surface area contributed by atoms with Gasteiger partial charge in [-0.2, -0.15) is 0 Å². The van der Waals surface area contributed by atoms with Gasteiger partial charge in [-0.1, -0.05) is 59.8 Å². The summed E-state index contributed by atoms with van der Waals surface area (Å²) in [6.45, 7) is 9.29. The zero-order valence-electron chi connectivity index (χ0n) is 8.69. The second-order valence-corrected chi connectivity index (χ2v) is 3.94. The molecule has 0 amide bonds. The number of rotatable bonds is 6. The fraction of sp³-hybridized carbons (Fsp3) is 1.00. The van der Waals surface area contributed by atoms with E-state index >= 15 is 0 Å². The molecule has 0 aliphatic heterocycles. The van der Waals surface area contributed by atoms with Crippen molar-refractivity contribution in [2.24, 2.45) is 11.8 Å². The van der Waals surface area contributed by atoms with E-state index in [1.807, 2.05) is 0 Å². The Morgan fingerprint density at radius 1 is 0.909 bits per heavy atom. The Morgan fingerprint density at radius 2 is 1.55 bits per heavy atom. The van der Waals surface area contributed by atoms with Crippen molar-refractivity contribution in [2.75, 3.05) is 0 Å². The molecular weight excluding hydrogens is 132 g/mol.